The van der Waals surface area contributed by atoms with Crippen LogP contribution in [0, 0.1) is 11.3 Å². The van der Waals surface area contributed by atoms with E-state index in [1.54, 1.807) is 17.4 Å². The van der Waals surface area contributed by atoms with Crippen molar-refractivity contribution in [2.75, 3.05) is 38.1 Å². The van der Waals surface area contributed by atoms with Gasteiger partial charge in [0, 0.05) is 52.8 Å². The highest BCUT2D eigenvalue weighted by atomic mass is 32.1. The van der Waals surface area contributed by atoms with Crippen LogP contribution in [0.3, 0.4) is 0 Å². The average molecular weight is 415 g/mol. The molecule has 0 saturated carbocycles. The van der Waals surface area contributed by atoms with Crippen LogP contribution in [0.5, 0.6) is 0 Å². The maximum atomic E-state index is 9.28. The standard InChI is InChI=1S/C25H26N4S/c1-18(17-27)23(9-10-26)25-8-7-24(30-25)21-4-3-20-16-22(6-5-19(20)15-21)29-13-11-28(2)12-14-29/h3-10,15-16H,11-14,26H2,1-2H3/b10-9-,23-18-. The van der Waals surface area contributed by atoms with Crippen LogP contribution in [-0.4, -0.2) is 38.1 Å². The van der Waals surface area contributed by atoms with E-state index < -0.39 is 0 Å². The molecule has 1 saturated heterocycles. The predicted molar refractivity (Wildman–Crippen MR) is 129 cm³/mol. The molecule has 2 heterocycles. The summed E-state index contributed by atoms with van der Waals surface area (Å²) in [6, 6.07) is 19.8. The van der Waals surface area contributed by atoms with Crippen molar-refractivity contribution in [3.05, 3.63) is 71.3 Å². The van der Waals surface area contributed by atoms with Crippen molar-refractivity contribution in [2.45, 2.75) is 6.92 Å². The number of likely N-dealkylation sites (N-methyl/N-ethyl adjacent to an activating group) is 1. The third-order valence-electron chi connectivity index (χ3n) is 5.68. The molecule has 1 aliphatic heterocycles. The first-order chi connectivity index (χ1) is 14.6. The van der Waals surface area contributed by atoms with Crippen LogP contribution in [0.1, 0.15) is 11.8 Å². The van der Waals surface area contributed by atoms with Crippen molar-refractivity contribution in [2.24, 2.45) is 5.73 Å². The van der Waals surface area contributed by atoms with Gasteiger partial charge in [0.15, 0.2) is 0 Å². The predicted octanol–water partition coefficient (Wildman–Crippen LogP) is 5.09. The van der Waals surface area contributed by atoms with E-state index in [1.165, 1.54) is 33.1 Å². The molecule has 0 amide bonds. The van der Waals surface area contributed by atoms with Crippen molar-refractivity contribution < 1.29 is 0 Å². The number of rotatable bonds is 4. The number of allylic oxidation sites excluding steroid dienone is 3. The Morgan fingerprint density at radius 2 is 1.77 bits per heavy atom. The molecule has 152 valence electrons. The second kappa shape index (κ2) is 8.74. The number of nitrogens with two attached hydrogens (primary N) is 1. The fraction of sp³-hybridized carbons (Fsp3) is 0.240. The van der Waals surface area contributed by atoms with E-state index in [-0.39, 0.29) is 0 Å². The van der Waals surface area contributed by atoms with Gasteiger partial charge in [-0.15, -0.1) is 11.3 Å². The molecule has 0 atom stereocenters. The minimum atomic E-state index is 0.667. The zero-order chi connectivity index (χ0) is 21.1. The summed E-state index contributed by atoms with van der Waals surface area (Å²) >= 11 is 1.68. The van der Waals surface area contributed by atoms with Gasteiger partial charge in [-0.05, 0) is 72.9 Å². The first kappa shape index (κ1) is 20.2. The third-order valence-corrected chi connectivity index (χ3v) is 6.85. The summed E-state index contributed by atoms with van der Waals surface area (Å²) in [6.07, 6.45) is 3.29. The first-order valence-corrected chi connectivity index (χ1v) is 11.0. The number of benzene rings is 2. The molecule has 0 aliphatic carbocycles. The van der Waals surface area contributed by atoms with Crippen LogP contribution in [0.4, 0.5) is 5.69 Å². The molecule has 1 aromatic heterocycles. The second-order valence-corrected chi connectivity index (χ2v) is 8.79. The van der Waals surface area contributed by atoms with Gasteiger partial charge in [-0.2, -0.15) is 5.26 Å². The van der Waals surface area contributed by atoms with Gasteiger partial charge in [0.05, 0.1) is 6.07 Å². The van der Waals surface area contributed by atoms with Gasteiger partial charge in [0.2, 0.25) is 0 Å². The number of nitrogens with zero attached hydrogens (tertiary/aromatic N) is 3. The van der Waals surface area contributed by atoms with Crippen LogP contribution >= 0.6 is 11.3 Å². The number of fused-ring (bicyclic) bond motifs is 1. The summed E-state index contributed by atoms with van der Waals surface area (Å²) in [5.41, 5.74) is 9.63. The zero-order valence-electron chi connectivity index (χ0n) is 17.4. The van der Waals surface area contributed by atoms with Crippen LogP contribution in [-0.2, 0) is 0 Å². The van der Waals surface area contributed by atoms with E-state index in [1.807, 2.05) is 6.92 Å². The lowest BCUT2D eigenvalue weighted by Crippen LogP contribution is -2.44. The van der Waals surface area contributed by atoms with Crippen molar-refractivity contribution in [3.8, 4) is 16.5 Å². The topological polar surface area (TPSA) is 56.3 Å². The quantitative estimate of drug-likeness (QED) is 0.477. The average Bonchev–Trinajstić information content (AvgIpc) is 3.26. The van der Waals surface area contributed by atoms with Gasteiger partial charge in [-0.1, -0.05) is 18.2 Å². The van der Waals surface area contributed by atoms with Crippen LogP contribution in [0.2, 0.25) is 0 Å². The highest BCUT2D eigenvalue weighted by Crippen LogP contribution is 2.35. The highest BCUT2D eigenvalue weighted by Gasteiger charge is 2.15. The lowest BCUT2D eigenvalue weighted by molar-refractivity contribution is 0.313. The van der Waals surface area contributed by atoms with E-state index in [2.05, 4.69) is 71.4 Å². The fourth-order valence-corrected chi connectivity index (χ4v) is 4.92. The van der Waals surface area contributed by atoms with Crippen molar-refractivity contribution in [1.29, 1.82) is 5.26 Å². The molecular formula is C25H26N4S. The van der Waals surface area contributed by atoms with Gasteiger partial charge < -0.3 is 15.5 Å². The number of piperazine rings is 1. The lowest BCUT2D eigenvalue weighted by atomic mass is 10.0. The molecule has 1 fully saturated rings. The molecule has 0 radical (unpaired) electrons. The Hall–Kier alpha value is -3.07. The Morgan fingerprint density at radius 1 is 1.03 bits per heavy atom. The van der Waals surface area contributed by atoms with Gasteiger partial charge in [-0.25, -0.2) is 0 Å². The van der Waals surface area contributed by atoms with Gasteiger partial charge >= 0.3 is 0 Å². The molecule has 1 aliphatic rings. The van der Waals surface area contributed by atoms with E-state index in [0.717, 1.165) is 36.6 Å². The first-order valence-electron chi connectivity index (χ1n) is 10.2. The van der Waals surface area contributed by atoms with Crippen LogP contribution in [0.25, 0.3) is 26.8 Å². The molecule has 4 nitrogen and oxygen atoms in total. The monoisotopic (exact) mass is 414 g/mol. The molecule has 3 aromatic rings. The molecule has 2 aromatic carbocycles. The Morgan fingerprint density at radius 3 is 2.50 bits per heavy atom. The normalized spacial score (nSPS) is 16.1. The summed E-state index contributed by atoms with van der Waals surface area (Å²) in [5.74, 6) is 0. The maximum absolute atomic E-state index is 9.28. The summed E-state index contributed by atoms with van der Waals surface area (Å²) < 4.78 is 0. The van der Waals surface area contributed by atoms with Gasteiger partial charge in [0.25, 0.3) is 0 Å². The molecule has 2 N–H and O–H groups in total. The van der Waals surface area contributed by atoms with E-state index in [0.29, 0.717) is 5.57 Å². The number of hydrogen-bond acceptors (Lipinski definition) is 5. The van der Waals surface area contributed by atoms with Gasteiger partial charge in [0.1, 0.15) is 0 Å². The summed E-state index contributed by atoms with van der Waals surface area (Å²) in [5, 5.41) is 11.8. The number of hydrogen-bond donors (Lipinski definition) is 1. The van der Waals surface area contributed by atoms with E-state index in [4.69, 9.17) is 5.73 Å². The second-order valence-electron chi connectivity index (χ2n) is 7.71. The summed E-state index contributed by atoms with van der Waals surface area (Å²) in [7, 11) is 2.18. The highest BCUT2D eigenvalue weighted by molar-refractivity contribution is 7.16. The SMILES string of the molecule is C/C(C#N)=C(\C=C/N)c1ccc(-c2ccc3cc(N4CCN(C)CC4)ccc3c2)s1. The number of nitriles is 1. The Balaban J connectivity index is 1.62. The van der Waals surface area contributed by atoms with Crippen LogP contribution < -0.4 is 10.6 Å². The van der Waals surface area contributed by atoms with Gasteiger partial charge in [-0.3, -0.25) is 0 Å². The van der Waals surface area contributed by atoms with E-state index >= 15 is 0 Å². The Kier molecular flexibility index (Phi) is 5.89. The zero-order valence-corrected chi connectivity index (χ0v) is 18.2. The smallest absolute Gasteiger partial charge is 0.0950 e. The molecule has 4 rings (SSSR count). The van der Waals surface area contributed by atoms with E-state index in [9.17, 15) is 5.26 Å². The Bertz CT molecular complexity index is 1160. The van der Waals surface area contributed by atoms with Crippen molar-refractivity contribution in [3.63, 3.8) is 0 Å². The maximum Gasteiger partial charge on any atom is 0.0950 e. The van der Waals surface area contributed by atoms with Crippen molar-refractivity contribution >= 4 is 33.4 Å². The summed E-state index contributed by atoms with van der Waals surface area (Å²) in [6.45, 7) is 6.20. The molecule has 0 unspecified atom stereocenters. The molecular weight excluding hydrogens is 388 g/mol. The third kappa shape index (κ3) is 4.11. The minimum absolute atomic E-state index is 0.667. The van der Waals surface area contributed by atoms with Crippen LogP contribution in [0.15, 0.2) is 66.4 Å². The number of thiophene rings is 1. The number of anilines is 1. The molecule has 30 heavy (non-hydrogen) atoms. The largest absolute Gasteiger partial charge is 0.405 e. The molecule has 0 spiro atoms. The molecule has 5 heteroatoms. The molecule has 0 bridgehead atoms. The fourth-order valence-electron chi connectivity index (χ4n) is 3.83. The lowest BCUT2D eigenvalue weighted by Gasteiger charge is -2.34. The van der Waals surface area contributed by atoms with Crippen molar-refractivity contribution in [1.82, 2.24) is 4.90 Å². The summed E-state index contributed by atoms with van der Waals surface area (Å²) in [4.78, 5) is 7.08. The minimum Gasteiger partial charge on any atom is -0.405 e. The Labute approximate surface area is 182 Å².